The number of aromatic nitrogens is 6. The van der Waals surface area contributed by atoms with Crippen LogP contribution in [0.15, 0.2) is 352 Å². The predicted octanol–water partition coefficient (Wildman–Crippen LogP) is 25.5. The van der Waals surface area contributed by atoms with E-state index in [2.05, 4.69) is 249 Å². The van der Waals surface area contributed by atoms with Gasteiger partial charge in [0.25, 0.3) is 0 Å². The Labute approximate surface area is 641 Å². The Balaban J connectivity index is 0.000000126. The monoisotopic (exact) mass is 1450 g/mol. The third-order valence-corrected chi connectivity index (χ3v) is 22.9. The lowest BCUT2D eigenvalue weighted by Gasteiger charge is -2.32. The van der Waals surface area contributed by atoms with Crippen LogP contribution < -0.4 is 5.46 Å². The van der Waals surface area contributed by atoms with Gasteiger partial charge < -0.3 is 9.31 Å². The van der Waals surface area contributed by atoms with E-state index in [9.17, 15) is 0 Å². The van der Waals surface area contributed by atoms with Crippen molar-refractivity contribution in [2.75, 3.05) is 0 Å². The lowest BCUT2D eigenvalue weighted by molar-refractivity contribution is 0.00578. The number of rotatable bonds is 12. The average molecular weight is 1450 g/mol. The Morgan fingerprint density at radius 1 is 0.241 bits per heavy atom. The molecule has 0 unspecified atom stereocenters. The third-order valence-electron chi connectivity index (χ3n) is 20.1. The molecule has 0 saturated carbocycles. The molecule has 19 rings (SSSR count). The molecule has 1 fully saturated rings. The molecule has 108 heavy (non-hydrogen) atoms. The maximum atomic E-state index is 6.32. The Kier molecular flexibility index (Phi) is 19.1. The van der Waals surface area contributed by atoms with E-state index in [1.807, 2.05) is 168 Å². The number of fused-ring (bicyclic) bond motifs is 6. The molecule has 18 aromatic rings. The molecular formula is C96H70BClN6O2S2. The smallest absolute Gasteiger partial charge is 0.399 e. The van der Waals surface area contributed by atoms with Gasteiger partial charge in [0, 0.05) is 78.7 Å². The number of benzene rings is 14. The van der Waals surface area contributed by atoms with Crippen LogP contribution in [0.2, 0.25) is 5.02 Å². The van der Waals surface area contributed by atoms with Crippen LogP contribution in [0.4, 0.5) is 0 Å². The first-order valence-electron chi connectivity index (χ1n) is 36.1. The SMILES string of the molecule is CC1(C)OB(c2cccc(-c3cccc4c3sc3c(-c5ccccc5)cccc34)c2)OC1(C)C.Clc1ccc(-c2nc(-c3ccccc3)nc(-c3ccccc3)n2)cc1.c1ccc(-c2nc(-c3ccccc3)nc(-c3ccc(-c4cccc(-c5cccc6c5sc5c(-c7ccccc7)cccc56)c4)cc3)n2)cc1. The zero-order valence-electron chi connectivity index (χ0n) is 59.8. The van der Waals surface area contributed by atoms with Crippen LogP contribution in [0.5, 0.6) is 0 Å². The predicted molar refractivity (Wildman–Crippen MR) is 452 cm³/mol. The second-order valence-corrected chi connectivity index (χ2v) is 30.1. The van der Waals surface area contributed by atoms with Crippen LogP contribution in [0.1, 0.15) is 27.7 Å². The van der Waals surface area contributed by atoms with Gasteiger partial charge in [-0.3, -0.25) is 0 Å². The minimum Gasteiger partial charge on any atom is -0.399 e. The van der Waals surface area contributed by atoms with E-state index in [-0.39, 0.29) is 18.3 Å². The first-order valence-corrected chi connectivity index (χ1v) is 38.1. The van der Waals surface area contributed by atoms with E-state index >= 15 is 0 Å². The molecular weight excluding hydrogens is 1380 g/mol. The number of hydrogen-bond acceptors (Lipinski definition) is 10. The molecule has 0 spiro atoms. The number of nitrogens with zero attached hydrogens (tertiary/aromatic N) is 6. The Morgan fingerprint density at radius 3 is 0.833 bits per heavy atom. The van der Waals surface area contributed by atoms with Gasteiger partial charge in [-0.1, -0.05) is 333 Å². The second kappa shape index (κ2) is 30.0. The van der Waals surface area contributed by atoms with Crippen molar-refractivity contribution in [3.8, 4) is 124 Å². The molecule has 0 radical (unpaired) electrons. The summed E-state index contributed by atoms with van der Waals surface area (Å²) >= 11 is 9.77. The van der Waals surface area contributed by atoms with Gasteiger partial charge in [0.2, 0.25) is 0 Å². The quantitative estimate of drug-likeness (QED) is 0.112. The Bertz CT molecular complexity index is 6120. The molecule has 5 heterocycles. The zero-order chi connectivity index (χ0) is 73.1. The number of halogens is 1. The van der Waals surface area contributed by atoms with Crippen molar-refractivity contribution in [1.82, 2.24) is 29.9 Å². The maximum absolute atomic E-state index is 6.32. The highest BCUT2D eigenvalue weighted by Crippen LogP contribution is 2.47. The van der Waals surface area contributed by atoms with Crippen LogP contribution >= 0.6 is 34.3 Å². The molecule has 0 aliphatic carbocycles. The zero-order valence-corrected chi connectivity index (χ0v) is 62.1. The van der Waals surface area contributed by atoms with E-state index in [4.69, 9.17) is 35.9 Å². The van der Waals surface area contributed by atoms with Gasteiger partial charge in [-0.15, -0.1) is 22.7 Å². The number of thiophene rings is 2. The summed E-state index contributed by atoms with van der Waals surface area (Å²) in [5.74, 6) is 3.91. The van der Waals surface area contributed by atoms with Crippen molar-refractivity contribution in [3.63, 3.8) is 0 Å². The molecule has 0 bridgehead atoms. The van der Waals surface area contributed by atoms with Crippen LogP contribution in [-0.2, 0) is 9.31 Å². The van der Waals surface area contributed by atoms with Gasteiger partial charge in [-0.25, -0.2) is 29.9 Å². The molecule has 518 valence electrons. The van der Waals surface area contributed by atoms with Gasteiger partial charge in [0.1, 0.15) is 0 Å². The van der Waals surface area contributed by atoms with Gasteiger partial charge >= 0.3 is 7.12 Å². The largest absolute Gasteiger partial charge is 0.494 e. The molecule has 0 atom stereocenters. The maximum Gasteiger partial charge on any atom is 0.494 e. The van der Waals surface area contributed by atoms with E-state index in [1.165, 1.54) is 84.9 Å². The highest BCUT2D eigenvalue weighted by atomic mass is 35.5. The van der Waals surface area contributed by atoms with Gasteiger partial charge in [-0.05, 0) is 119 Å². The van der Waals surface area contributed by atoms with Crippen molar-refractivity contribution in [1.29, 1.82) is 0 Å². The Morgan fingerprint density at radius 2 is 0.491 bits per heavy atom. The fraction of sp³-hybridized carbons (Fsp3) is 0.0625. The van der Waals surface area contributed by atoms with E-state index in [0.717, 1.165) is 50.0 Å². The van der Waals surface area contributed by atoms with Crippen LogP contribution in [0, 0.1) is 0 Å². The molecule has 1 aliphatic heterocycles. The highest BCUT2D eigenvalue weighted by molar-refractivity contribution is 7.27. The van der Waals surface area contributed by atoms with Crippen LogP contribution in [0.25, 0.3) is 164 Å². The lowest BCUT2D eigenvalue weighted by Crippen LogP contribution is -2.41. The van der Waals surface area contributed by atoms with Gasteiger partial charge in [0.15, 0.2) is 34.9 Å². The normalized spacial score (nSPS) is 12.9. The summed E-state index contributed by atoms with van der Waals surface area (Å²) in [4.78, 5) is 28.6. The van der Waals surface area contributed by atoms with Crippen LogP contribution in [0.3, 0.4) is 0 Å². The average Bonchev–Trinajstić information content (AvgIpc) is 1.60. The van der Waals surface area contributed by atoms with Crippen molar-refractivity contribution in [2.45, 2.75) is 38.9 Å². The lowest BCUT2D eigenvalue weighted by atomic mass is 9.78. The van der Waals surface area contributed by atoms with E-state index in [1.54, 1.807) is 0 Å². The van der Waals surface area contributed by atoms with Crippen molar-refractivity contribution < 1.29 is 9.31 Å². The third kappa shape index (κ3) is 14.2. The molecule has 1 aliphatic rings. The van der Waals surface area contributed by atoms with Crippen molar-refractivity contribution in [2.24, 2.45) is 0 Å². The molecule has 8 nitrogen and oxygen atoms in total. The summed E-state index contributed by atoms with van der Waals surface area (Å²) < 4.78 is 17.9. The first kappa shape index (κ1) is 68.9. The van der Waals surface area contributed by atoms with E-state index in [0.29, 0.717) is 40.0 Å². The summed E-state index contributed by atoms with van der Waals surface area (Å²) in [6.07, 6.45) is 0. The number of hydrogen-bond donors (Lipinski definition) is 0. The fourth-order valence-corrected chi connectivity index (χ4v) is 16.6. The molecule has 4 aromatic heterocycles. The summed E-state index contributed by atoms with van der Waals surface area (Å²) in [6.45, 7) is 8.39. The Hall–Kier alpha value is -12.2. The standard InChI is InChI=1S/C45H29N3S.C30H27BO2S.C21H14ClN3/c1-4-13-31(14-5-1)37-21-11-23-39-40-24-12-22-38(42(40)49-41(37)39)36-20-10-19-35(29-36)30-25-27-34(28-26-30)45-47-43(32-15-6-2-7-16-32)46-44(48-45)33-17-8-3-9-18-33;1-29(2)30(3,4)33-31(32-29)22-14-8-13-21(19-22)24-16-10-18-26-25-17-9-15-23(27(25)34-28(24)26)20-11-6-5-7-12-20;22-18-13-11-17(12-14-18)21-24-19(15-7-3-1-4-8-15)23-20(25-21)16-9-5-2-6-10-16/h1-29H;5-19H,1-4H3;1-14H. The molecule has 14 aromatic carbocycles. The van der Waals surface area contributed by atoms with Gasteiger partial charge in [-0.2, -0.15) is 0 Å². The molecule has 1 saturated heterocycles. The second-order valence-electron chi connectivity index (χ2n) is 27.6. The van der Waals surface area contributed by atoms with Crippen molar-refractivity contribution in [3.05, 3.63) is 357 Å². The molecule has 0 N–H and O–H groups in total. The molecule has 12 heteroatoms. The highest BCUT2D eigenvalue weighted by Gasteiger charge is 2.51. The van der Waals surface area contributed by atoms with Crippen LogP contribution in [-0.4, -0.2) is 48.2 Å². The summed E-state index contributed by atoms with van der Waals surface area (Å²) in [5, 5.41) is 5.90. The minimum atomic E-state index is -0.365. The summed E-state index contributed by atoms with van der Waals surface area (Å²) in [5.41, 5.74) is 18.3. The fourth-order valence-electron chi connectivity index (χ4n) is 13.8. The molecule has 0 amide bonds. The summed E-state index contributed by atoms with van der Waals surface area (Å²) in [7, 11) is -0.365. The van der Waals surface area contributed by atoms with E-state index < -0.39 is 0 Å². The first-order chi connectivity index (χ1) is 52.9. The van der Waals surface area contributed by atoms with Gasteiger partial charge in [0.05, 0.1) is 11.2 Å². The van der Waals surface area contributed by atoms with Crippen molar-refractivity contribution >= 4 is 87.2 Å². The minimum absolute atomic E-state index is 0.354. The topological polar surface area (TPSA) is 95.8 Å². The summed E-state index contributed by atoms with van der Waals surface area (Å²) in [6, 6.07) is 121.